The first-order valence-electron chi connectivity index (χ1n) is 12.9. The van der Waals surface area contributed by atoms with Gasteiger partial charge in [0, 0.05) is 19.8 Å². The van der Waals surface area contributed by atoms with Crippen LogP contribution >= 0.6 is 12.2 Å². The number of amidine groups is 1. The summed E-state index contributed by atoms with van der Waals surface area (Å²) in [5.74, 6) is 1.95. The molecule has 184 valence electrons. The SMILES string of the molecule is Cc1ccc(N=C2N=C(N(C)C3(C(=S)Nc4ccc(C)cc4)CCCC3)N(C)C23CCCC3)cc1. The van der Waals surface area contributed by atoms with Crippen molar-refractivity contribution < 1.29 is 0 Å². The standard InChI is InChI=1S/C29H37N5S/c1-21-9-13-23(14-10-21)30-25-28(17-5-6-18-28)33(3)27(32-25)34(4)29(19-7-8-20-29)26(35)31-24-15-11-22(2)12-16-24/h9-16H,5-8,17-20H2,1-4H3,(H,31,35). The van der Waals surface area contributed by atoms with E-state index in [0.29, 0.717) is 0 Å². The van der Waals surface area contributed by atoms with Crippen LogP contribution < -0.4 is 5.32 Å². The quantitative estimate of drug-likeness (QED) is 0.492. The number of anilines is 1. The number of aliphatic imine (C=N–C) groups is 2. The molecule has 3 aliphatic rings. The largest absolute Gasteiger partial charge is 0.348 e. The third-order valence-corrected chi connectivity index (χ3v) is 8.85. The van der Waals surface area contributed by atoms with E-state index in [-0.39, 0.29) is 11.1 Å². The smallest absolute Gasteiger partial charge is 0.204 e. The van der Waals surface area contributed by atoms with Gasteiger partial charge in [0.2, 0.25) is 5.96 Å². The molecular weight excluding hydrogens is 450 g/mol. The maximum atomic E-state index is 6.11. The van der Waals surface area contributed by atoms with Gasteiger partial charge in [-0.3, -0.25) is 0 Å². The molecule has 6 heteroatoms. The summed E-state index contributed by atoms with van der Waals surface area (Å²) in [4.78, 5) is 16.0. The van der Waals surface area contributed by atoms with Crippen LogP contribution in [-0.4, -0.2) is 51.8 Å². The number of aryl methyl sites for hydroxylation is 2. The second kappa shape index (κ2) is 9.38. The zero-order valence-corrected chi connectivity index (χ0v) is 22.3. The van der Waals surface area contributed by atoms with Gasteiger partial charge in [-0.05, 0) is 63.8 Å². The summed E-state index contributed by atoms with van der Waals surface area (Å²) in [5.41, 5.74) is 4.15. The molecule has 0 radical (unpaired) electrons. The van der Waals surface area contributed by atoms with E-state index < -0.39 is 0 Å². The van der Waals surface area contributed by atoms with Crippen molar-refractivity contribution in [1.82, 2.24) is 9.80 Å². The maximum Gasteiger partial charge on any atom is 0.204 e. The first-order chi connectivity index (χ1) is 16.8. The molecular formula is C29H37N5S. The number of guanidine groups is 1. The molecule has 1 spiro atoms. The lowest BCUT2D eigenvalue weighted by Gasteiger charge is -2.44. The van der Waals surface area contributed by atoms with Gasteiger partial charge in [-0.25, -0.2) is 4.99 Å². The molecule has 1 heterocycles. The summed E-state index contributed by atoms with van der Waals surface area (Å²) >= 11 is 6.11. The first-order valence-corrected chi connectivity index (χ1v) is 13.4. The van der Waals surface area contributed by atoms with Gasteiger partial charge in [-0.15, -0.1) is 0 Å². The summed E-state index contributed by atoms with van der Waals surface area (Å²) in [6, 6.07) is 16.9. The molecule has 2 saturated carbocycles. The topological polar surface area (TPSA) is 43.2 Å². The Hall–Kier alpha value is -2.73. The second-order valence-electron chi connectivity index (χ2n) is 10.6. The van der Waals surface area contributed by atoms with Gasteiger partial charge in [-0.2, -0.15) is 4.99 Å². The van der Waals surface area contributed by atoms with Gasteiger partial charge in [-0.1, -0.05) is 73.3 Å². The molecule has 0 unspecified atom stereocenters. The number of hydrogen-bond acceptors (Lipinski definition) is 4. The van der Waals surface area contributed by atoms with Crippen molar-refractivity contribution in [3.63, 3.8) is 0 Å². The van der Waals surface area contributed by atoms with Crippen LogP contribution in [0, 0.1) is 13.8 Å². The highest BCUT2D eigenvalue weighted by Crippen LogP contribution is 2.44. The van der Waals surface area contributed by atoms with Crippen molar-refractivity contribution in [3.8, 4) is 0 Å². The molecule has 0 saturated heterocycles. The van der Waals surface area contributed by atoms with Crippen LogP contribution in [0.5, 0.6) is 0 Å². The summed E-state index contributed by atoms with van der Waals surface area (Å²) < 4.78 is 0. The number of benzene rings is 2. The minimum Gasteiger partial charge on any atom is -0.348 e. The zero-order chi connectivity index (χ0) is 24.6. The van der Waals surface area contributed by atoms with E-state index in [2.05, 4.69) is 91.6 Å². The summed E-state index contributed by atoms with van der Waals surface area (Å²) in [6.45, 7) is 4.22. The lowest BCUT2D eigenvalue weighted by Crippen LogP contribution is -2.60. The number of hydrogen-bond donors (Lipinski definition) is 1. The van der Waals surface area contributed by atoms with Crippen molar-refractivity contribution in [2.75, 3.05) is 19.4 Å². The van der Waals surface area contributed by atoms with Gasteiger partial charge in [0.1, 0.15) is 10.5 Å². The Morgan fingerprint density at radius 2 is 1.46 bits per heavy atom. The molecule has 2 fully saturated rings. The summed E-state index contributed by atoms with van der Waals surface area (Å²) in [5, 5.41) is 3.57. The van der Waals surface area contributed by atoms with E-state index in [1.807, 2.05) is 0 Å². The van der Waals surface area contributed by atoms with Gasteiger partial charge < -0.3 is 15.1 Å². The predicted octanol–water partition coefficient (Wildman–Crippen LogP) is 6.63. The van der Waals surface area contributed by atoms with Gasteiger partial charge in [0.05, 0.1) is 11.2 Å². The van der Waals surface area contributed by atoms with E-state index in [1.165, 1.54) is 36.8 Å². The number of nitrogens with one attached hydrogen (secondary N) is 1. The average molecular weight is 488 g/mol. The van der Waals surface area contributed by atoms with Crippen molar-refractivity contribution >= 4 is 40.4 Å². The molecule has 0 aromatic heterocycles. The minimum atomic E-state index is -0.244. The van der Waals surface area contributed by atoms with Crippen LogP contribution in [0.2, 0.25) is 0 Å². The van der Waals surface area contributed by atoms with Crippen LogP contribution in [-0.2, 0) is 0 Å². The fraction of sp³-hybridized carbons (Fsp3) is 0.483. The molecule has 5 nitrogen and oxygen atoms in total. The summed E-state index contributed by atoms with van der Waals surface area (Å²) in [6.07, 6.45) is 9.02. The van der Waals surface area contributed by atoms with Crippen molar-refractivity contribution in [2.45, 2.75) is 76.3 Å². The Kier molecular flexibility index (Phi) is 6.43. The van der Waals surface area contributed by atoms with Crippen LogP contribution in [0.4, 0.5) is 11.4 Å². The Labute approximate surface area is 215 Å². The zero-order valence-electron chi connectivity index (χ0n) is 21.5. The number of likely N-dealkylation sites (N-methyl/N-ethyl adjacent to an activating group) is 2. The molecule has 35 heavy (non-hydrogen) atoms. The van der Waals surface area contributed by atoms with Crippen LogP contribution in [0.1, 0.15) is 62.5 Å². The maximum absolute atomic E-state index is 6.11. The highest BCUT2D eigenvalue weighted by atomic mass is 32.1. The van der Waals surface area contributed by atoms with Crippen LogP contribution in [0.25, 0.3) is 0 Å². The van der Waals surface area contributed by atoms with Gasteiger partial charge in [0.25, 0.3) is 0 Å². The molecule has 0 bridgehead atoms. The highest BCUT2D eigenvalue weighted by molar-refractivity contribution is 7.80. The molecule has 2 aromatic rings. The fourth-order valence-electron chi connectivity index (χ4n) is 6.06. The Morgan fingerprint density at radius 1 is 0.914 bits per heavy atom. The Balaban J connectivity index is 1.49. The second-order valence-corrected chi connectivity index (χ2v) is 11.0. The van der Waals surface area contributed by atoms with Gasteiger partial charge in [0.15, 0.2) is 5.84 Å². The minimum absolute atomic E-state index is 0.125. The molecule has 5 rings (SSSR count). The van der Waals surface area contributed by atoms with Crippen molar-refractivity contribution in [1.29, 1.82) is 0 Å². The molecule has 2 aliphatic carbocycles. The van der Waals surface area contributed by atoms with E-state index in [9.17, 15) is 0 Å². The highest BCUT2D eigenvalue weighted by Gasteiger charge is 2.53. The lowest BCUT2D eigenvalue weighted by molar-refractivity contribution is 0.229. The summed E-state index contributed by atoms with van der Waals surface area (Å²) in [7, 11) is 4.39. The Bertz CT molecular complexity index is 1140. The molecule has 1 N–H and O–H groups in total. The predicted molar refractivity (Wildman–Crippen MR) is 151 cm³/mol. The van der Waals surface area contributed by atoms with E-state index in [4.69, 9.17) is 22.2 Å². The van der Waals surface area contributed by atoms with Crippen molar-refractivity contribution in [2.24, 2.45) is 9.98 Å². The molecule has 2 aromatic carbocycles. The van der Waals surface area contributed by atoms with Crippen LogP contribution in [0.15, 0.2) is 58.5 Å². The fourth-order valence-corrected chi connectivity index (χ4v) is 6.51. The first kappa shape index (κ1) is 24.0. The third kappa shape index (κ3) is 4.26. The van der Waals surface area contributed by atoms with E-state index in [1.54, 1.807) is 0 Å². The Morgan fingerprint density at radius 3 is 2.06 bits per heavy atom. The molecule has 0 amide bonds. The van der Waals surface area contributed by atoms with E-state index in [0.717, 1.165) is 53.8 Å². The molecule has 0 atom stereocenters. The molecule has 1 aliphatic heterocycles. The van der Waals surface area contributed by atoms with Crippen LogP contribution in [0.3, 0.4) is 0 Å². The number of thiocarbonyl (C=S) groups is 1. The lowest BCUT2D eigenvalue weighted by atomic mass is 9.93. The normalized spacial score (nSPS) is 21.5. The van der Waals surface area contributed by atoms with Crippen molar-refractivity contribution in [3.05, 3.63) is 59.7 Å². The average Bonchev–Trinajstić information content (AvgIpc) is 3.60. The van der Waals surface area contributed by atoms with Gasteiger partial charge >= 0.3 is 0 Å². The van der Waals surface area contributed by atoms with E-state index >= 15 is 0 Å². The monoisotopic (exact) mass is 487 g/mol. The number of nitrogens with zero attached hydrogens (tertiary/aromatic N) is 4. The third-order valence-electron chi connectivity index (χ3n) is 8.37. The number of rotatable bonds is 4.